The largest absolute Gasteiger partial charge is 0.573 e. The van der Waals surface area contributed by atoms with Gasteiger partial charge in [-0.3, -0.25) is 4.90 Å². The minimum atomic E-state index is -4.84. The second kappa shape index (κ2) is 9.63. The van der Waals surface area contributed by atoms with Crippen LogP contribution in [-0.2, 0) is 6.54 Å². The van der Waals surface area contributed by atoms with Crippen molar-refractivity contribution in [2.75, 3.05) is 19.6 Å². The van der Waals surface area contributed by atoms with E-state index in [-0.39, 0.29) is 23.1 Å². The van der Waals surface area contributed by atoms with Crippen LogP contribution in [-0.4, -0.2) is 36.0 Å². The molecular weight excluding hydrogens is 453 g/mol. The van der Waals surface area contributed by atoms with Crippen molar-refractivity contribution in [3.63, 3.8) is 0 Å². The number of nitrogens with zero attached hydrogens (tertiary/aromatic N) is 1. The molecule has 1 aliphatic rings. The van der Waals surface area contributed by atoms with Crippen LogP contribution in [0.5, 0.6) is 11.5 Å². The predicted octanol–water partition coefficient (Wildman–Crippen LogP) is 6.07. The van der Waals surface area contributed by atoms with Crippen molar-refractivity contribution in [1.82, 2.24) is 10.2 Å². The van der Waals surface area contributed by atoms with E-state index in [1.807, 2.05) is 49.4 Å². The third kappa shape index (κ3) is 5.79. The lowest BCUT2D eigenvalue weighted by molar-refractivity contribution is -0.274. The number of phenolic OH excluding ortho intramolecular Hbond substituents is 1. The van der Waals surface area contributed by atoms with Gasteiger partial charge in [0.2, 0.25) is 0 Å². The molecule has 8 heteroatoms. The number of piperazine rings is 1. The third-order valence-corrected chi connectivity index (χ3v) is 5.98. The molecule has 0 saturated carbocycles. The number of aromatic hydroxyl groups is 1. The molecular formula is C25H24ClF3N2O2. The Hall–Kier alpha value is -2.74. The summed E-state index contributed by atoms with van der Waals surface area (Å²) in [5, 5.41) is 14.1. The number of aryl methyl sites for hydroxylation is 1. The summed E-state index contributed by atoms with van der Waals surface area (Å²) in [6, 6.07) is 17.1. The minimum absolute atomic E-state index is 0.0836. The Kier molecular flexibility index (Phi) is 6.83. The van der Waals surface area contributed by atoms with Gasteiger partial charge in [-0.25, -0.2) is 0 Å². The second-order valence-corrected chi connectivity index (χ2v) is 8.57. The van der Waals surface area contributed by atoms with E-state index in [0.29, 0.717) is 17.1 Å². The maximum atomic E-state index is 13.0. The molecule has 1 fully saturated rings. The van der Waals surface area contributed by atoms with Gasteiger partial charge in [0.15, 0.2) is 0 Å². The van der Waals surface area contributed by atoms with Crippen LogP contribution in [0.2, 0.25) is 5.02 Å². The molecule has 0 amide bonds. The molecule has 1 saturated heterocycles. The van der Waals surface area contributed by atoms with E-state index < -0.39 is 6.36 Å². The molecule has 0 aliphatic carbocycles. The highest BCUT2D eigenvalue weighted by atomic mass is 35.5. The standard InChI is InChI=1S/C25H24ClF3N2O2/c1-16-2-3-18(15-31-11-10-30-14-23(31)17-4-6-19(26)7-5-17)21(12-16)22-13-20(32)8-9-24(22)33-25(27,28)29/h2-9,12-13,23,30,32H,10-11,14-15H2,1H3/t23-/m1/s1. The summed E-state index contributed by atoms with van der Waals surface area (Å²) in [5.41, 5.74) is 3.64. The second-order valence-electron chi connectivity index (χ2n) is 8.13. The first kappa shape index (κ1) is 23.4. The van der Waals surface area contributed by atoms with E-state index in [4.69, 9.17) is 11.6 Å². The van der Waals surface area contributed by atoms with Crippen LogP contribution in [0.4, 0.5) is 13.2 Å². The van der Waals surface area contributed by atoms with Crippen LogP contribution < -0.4 is 10.1 Å². The Morgan fingerprint density at radius 3 is 2.55 bits per heavy atom. The van der Waals surface area contributed by atoms with Gasteiger partial charge in [-0.2, -0.15) is 0 Å². The average molecular weight is 477 g/mol. The Morgan fingerprint density at radius 2 is 1.82 bits per heavy atom. The number of hydrogen-bond acceptors (Lipinski definition) is 4. The smallest absolute Gasteiger partial charge is 0.508 e. The number of hydrogen-bond donors (Lipinski definition) is 2. The number of phenols is 1. The normalized spacial score (nSPS) is 17.2. The van der Waals surface area contributed by atoms with Crippen molar-refractivity contribution in [2.45, 2.75) is 25.9 Å². The van der Waals surface area contributed by atoms with Crippen LogP contribution in [0.3, 0.4) is 0 Å². The van der Waals surface area contributed by atoms with Gasteiger partial charge in [0, 0.05) is 42.8 Å². The zero-order chi connectivity index (χ0) is 23.6. The van der Waals surface area contributed by atoms with Crippen molar-refractivity contribution in [3.8, 4) is 22.6 Å². The lowest BCUT2D eigenvalue weighted by Crippen LogP contribution is -2.45. The molecule has 1 atom stereocenters. The zero-order valence-electron chi connectivity index (χ0n) is 18.0. The van der Waals surface area contributed by atoms with Crippen molar-refractivity contribution < 1.29 is 23.0 Å². The molecule has 1 aliphatic heterocycles. The number of alkyl halides is 3. The topological polar surface area (TPSA) is 44.7 Å². The van der Waals surface area contributed by atoms with E-state index in [1.165, 1.54) is 12.1 Å². The van der Waals surface area contributed by atoms with Crippen LogP contribution in [0.25, 0.3) is 11.1 Å². The number of halogens is 4. The van der Waals surface area contributed by atoms with Gasteiger partial charge in [-0.15, -0.1) is 13.2 Å². The van der Waals surface area contributed by atoms with E-state index in [2.05, 4.69) is 15.0 Å². The maximum absolute atomic E-state index is 13.0. The summed E-state index contributed by atoms with van der Waals surface area (Å²) < 4.78 is 43.4. The molecule has 3 aromatic rings. The molecule has 0 unspecified atom stereocenters. The molecule has 3 aromatic carbocycles. The van der Waals surface area contributed by atoms with Gasteiger partial charge in [-0.05, 0) is 53.9 Å². The van der Waals surface area contributed by atoms with Crippen LogP contribution in [0, 0.1) is 6.92 Å². The molecule has 4 rings (SSSR count). The molecule has 1 heterocycles. The molecule has 0 bridgehead atoms. The summed E-state index contributed by atoms with van der Waals surface area (Å²) in [7, 11) is 0. The van der Waals surface area contributed by atoms with Crippen molar-refractivity contribution >= 4 is 11.6 Å². The highest BCUT2D eigenvalue weighted by Crippen LogP contribution is 2.39. The van der Waals surface area contributed by atoms with Crippen LogP contribution in [0.1, 0.15) is 22.7 Å². The Balaban J connectivity index is 1.72. The molecule has 0 spiro atoms. The highest BCUT2D eigenvalue weighted by molar-refractivity contribution is 6.30. The average Bonchev–Trinajstić information content (AvgIpc) is 2.76. The molecule has 0 radical (unpaired) electrons. The van der Waals surface area contributed by atoms with Gasteiger partial charge < -0.3 is 15.2 Å². The lowest BCUT2D eigenvalue weighted by Gasteiger charge is -2.37. The van der Waals surface area contributed by atoms with E-state index in [9.17, 15) is 18.3 Å². The summed E-state index contributed by atoms with van der Waals surface area (Å²) in [6.07, 6.45) is -4.84. The molecule has 174 valence electrons. The first-order valence-corrected chi connectivity index (χ1v) is 11.0. The van der Waals surface area contributed by atoms with Crippen LogP contribution >= 0.6 is 11.6 Å². The first-order chi connectivity index (χ1) is 15.7. The fourth-order valence-corrected chi connectivity index (χ4v) is 4.32. The Bertz CT molecular complexity index is 1120. The summed E-state index contributed by atoms with van der Waals surface area (Å²) in [5.74, 6) is -0.477. The third-order valence-electron chi connectivity index (χ3n) is 5.73. The highest BCUT2D eigenvalue weighted by Gasteiger charge is 2.33. The SMILES string of the molecule is Cc1ccc(CN2CCNC[C@@H]2c2ccc(Cl)cc2)c(-c2cc(O)ccc2OC(F)(F)F)c1. The number of nitrogens with one attached hydrogen (secondary N) is 1. The van der Waals surface area contributed by atoms with Gasteiger partial charge in [0.05, 0.1) is 0 Å². The number of rotatable bonds is 5. The summed E-state index contributed by atoms with van der Waals surface area (Å²) >= 11 is 6.05. The Morgan fingerprint density at radius 1 is 1.06 bits per heavy atom. The van der Waals surface area contributed by atoms with Gasteiger partial charge >= 0.3 is 6.36 Å². The zero-order valence-corrected chi connectivity index (χ0v) is 18.7. The molecule has 2 N–H and O–H groups in total. The van der Waals surface area contributed by atoms with E-state index in [1.54, 1.807) is 0 Å². The van der Waals surface area contributed by atoms with Crippen molar-refractivity contribution in [3.05, 3.63) is 82.4 Å². The van der Waals surface area contributed by atoms with Crippen molar-refractivity contribution in [1.29, 1.82) is 0 Å². The minimum Gasteiger partial charge on any atom is -0.508 e. The fraction of sp³-hybridized carbons (Fsp3) is 0.280. The first-order valence-electron chi connectivity index (χ1n) is 10.6. The van der Waals surface area contributed by atoms with E-state index in [0.717, 1.165) is 42.4 Å². The maximum Gasteiger partial charge on any atom is 0.573 e. The van der Waals surface area contributed by atoms with Gasteiger partial charge in [0.1, 0.15) is 11.5 Å². The number of benzene rings is 3. The summed E-state index contributed by atoms with van der Waals surface area (Å²) in [4.78, 5) is 2.29. The quantitative estimate of drug-likeness (QED) is 0.469. The molecule has 4 nitrogen and oxygen atoms in total. The Labute approximate surface area is 195 Å². The van der Waals surface area contributed by atoms with Crippen molar-refractivity contribution in [2.24, 2.45) is 0 Å². The molecule has 0 aromatic heterocycles. The van der Waals surface area contributed by atoms with Gasteiger partial charge in [0.25, 0.3) is 0 Å². The predicted molar refractivity (Wildman–Crippen MR) is 122 cm³/mol. The summed E-state index contributed by atoms with van der Waals surface area (Å²) in [6.45, 7) is 4.72. The number of ether oxygens (including phenoxy) is 1. The van der Waals surface area contributed by atoms with Crippen LogP contribution in [0.15, 0.2) is 60.7 Å². The fourth-order valence-electron chi connectivity index (χ4n) is 4.19. The lowest BCUT2D eigenvalue weighted by atomic mass is 9.95. The van der Waals surface area contributed by atoms with Gasteiger partial charge in [-0.1, -0.05) is 47.5 Å². The monoisotopic (exact) mass is 476 g/mol. The van der Waals surface area contributed by atoms with E-state index >= 15 is 0 Å². The molecule has 33 heavy (non-hydrogen) atoms.